The van der Waals surface area contributed by atoms with Crippen LogP contribution >= 0.6 is 11.3 Å². The Hall–Kier alpha value is -2.75. The quantitative estimate of drug-likeness (QED) is 0.685. The van der Waals surface area contributed by atoms with Gasteiger partial charge in [0, 0.05) is 6.42 Å². The zero-order valence-corrected chi connectivity index (χ0v) is 13.9. The monoisotopic (exact) mass is 380 g/mol. The molecule has 10 heteroatoms. The van der Waals surface area contributed by atoms with Crippen LogP contribution in [0.5, 0.6) is 0 Å². The van der Waals surface area contributed by atoms with Crippen molar-refractivity contribution in [3.63, 3.8) is 0 Å². The van der Waals surface area contributed by atoms with Crippen molar-refractivity contribution < 1.29 is 22.5 Å². The molecule has 1 aromatic carbocycles. The van der Waals surface area contributed by atoms with Gasteiger partial charge in [-0.3, -0.25) is 9.69 Å². The summed E-state index contributed by atoms with van der Waals surface area (Å²) in [5, 5.41) is 3.75. The van der Waals surface area contributed by atoms with E-state index in [1.54, 1.807) is 4.90 Å². The van der Waals surface area contributed by atoms with Crippen molar-refractivity contribution in [1.82, 2.24) is 15.1 Å². The summed E-state index contributed by atoms with van der Waals surface area (Å²) in [4.78, 5) is 21.8. The maximum atomic E-state index is 12.6. The lowest BCUT2D eigenvalue weighted by Gasteiger charge is -2.22. The van der Waals surface area contributed by atoms with E-state index in [4.69, 9.17) is 0 Å². The van der Waals surface area contributed by atoms with Crippen molar-refractivity contribution in [1.29, 1.82) is 0 Å². The van der Waals surface area contributed by atoms with Crippen molar-refractivity contribution in [2.75, 3.05) is 4.90 Å². The van der Waals surface area contributed by atoms with Crippen molar-refractivity contribution in [3.8, 4) is 10.7 Å². The third kappa shape index (κ3) is 2.96. The van der Waals surface area contributed by atoms with Crippen molar-refractivity contribution in [2.24, 2.45) is 0 Å². The second-order valence-electron chi connectivity index (χ2n) is 5.66. The fraction of sp³-hybridized carbons (Fsp3) is 0.250. The summed E-state index contributed by atoms with van der Waals surface area (Å²) in [5.41, 5.74) is 0.981. The lowest BCUT2D eigenvalue weighted by atomic mass is 10.1. The highest BCUT2D eigenvalue weighted by molar-refractivity contribution is 7.19. The van der Waals surface area contributed by atoms with Crippen LogP contribution in [0.15, 0.2) is 41.1 Å². The maximum Gasteiger partial charge on any atom is 0.471 e. The van der Waals surface area contributed by atoms with E-state index in [2.05, 4.69) is 19.6 Å². The Morgan fingerprint density at radius 2 is 2.00 bits per heavy atom. The second kappa shape index (κ2) is 6.20. The number of carbonyl (C=O) groups excluding carboxylic acids is 1. The Kier molecular flexibility index (Phi) is 3.98. The zero-order valence-electron chi connectivity index (χ0n) is 13.1. The first-order chi connectivity index (χ1) is 12.4. The van der Waals surface area contributed by atoms with E-state index < -0.39 is 12.1 Å². The van der Waals surface area contributed by atoms with E-state index in [0.29, 0.717) is 22.9 Å². The van der Waals surface area contributed by atoms with Gasteiger partial charge in [-0.1, -0.05) is 46.8 Å². The summed E-state index contributed by atoms with van der Waals surface area (Å²) in [5.74, 6) is -1.70. The lowest BCUT2D eigenvalue weighted by Crippen LogP contribution is -2.27. The maximum absolute atomic E-state index is 12.6. The second-order valence-corrected chi connectivity index (χ2v) is 6.67. The summed E-state index contributed by atoms with van der Waals surface area (Å²) in [6.45, 7) is 0. The normalized spacial score (nSPS) is 17.9. The highest BCUT2D eigenvalue weighted by Gasteiger charge is 2.39. The van der Waals surface area contributed by atoms with Crippen LogP contribution in [0.3, 0.4) is 0 Å². The molecule has 3 heterocycles. The Morgan fingerprint density at radius 1 is 1.23 bits per heavy atom. The molecule has 1 atom stereocenters. The molecular weight excluding hydrogens is 369 g/mol. The minimum atomic E-state index is -4.71. The SMILES string of the molecule is O=C1CCC(c2ccccc2)N1c1ncc(-c2noc(C(F)(F)F)n2)s1. The number of aromatic nitrogens is 3. The van der Waals surface area contributed by atoms with Gasteiger partial charge >= 0.3 is 12.1 Å². The Balaban J connectivity index is 1.64. The Labute approximate surface area is 149 Å². The number of nitrogens with zero attached hydrogens (tertiary/aromatic N) is 4. The fourth-order valence-corrected chi connectivity index (χ4v) is 3.74. The third-order valence-electron chi connectivity index (χ3n) is 3.98. The number of hydrogen-bond donors (Lipinski definition) is 0. The molecule has 1 aliphatic heterocycles. The zero-order chi connectivity index (χ0) is 18.3. The third-order valence-corrected chi connectivity index (χ3v) is 4.98. The molecule has 0 spiro atoms. The molecule has 134 valence electrons. The first-order valence-electron chi connectivity index (χ1n) is 7.67. The summed E-state index contributed by atoms with van der Waals surface area (Å²) >= 11 is 1.05. The summed E-state index contributed by atoms with van der Waals surface area (Å²) in [6, 6.07) is 9.38. The molecule has 0 aliphatic carbocycles. The first kappa shape index (κ1) is 16.7. The van der Waals surface area contributed by atoms with Crippen LogP contribution in [0.1, 0.15) is 30.3 Å². The number of anilines is 1. The van der Waals surface area contributed by atoms with E-state index in [1.165, 1.54) is 6.20 Å². The van der Waals surface area contributed by atoms with E-state index >= 15 is 0 Å². The number of amides is 1. The van der Waals surface area contributed by atoms with Crippen LogP contribution in [0.2, 0.25) is 0 Å². The molecule has 1 fully saturated rings. The van der Waals surface area contributed by atoms with Gasteiger partial charge in [0.05, 0.1) is 17.1 Å². The standard InChI is InChI=1S/C16H11F3N4O2S/c17-16(18,19)14-21-13(22-25-14)11-8-20-15(26-11)23-10(6-7-12(23)24)9-4-2-1-3-5-9/h1-5,8,10H,6-7H2. The molecule has 6 nitrogen and oxygen atoms in total. The van der Waals surface area contributed by atoms with Gasteiger partial charge in [0.15, 0.2) is 5.13 Å². The summed E-state index contributed by atoms with van der Waals surface area (Å²) < 4.78 is 42.0. The van der Waals surface area contributed by atoms with Crippen molar-refractivity contribution in [2.45, 2.75) is 25.1 Å². The molecule has 0 radical (unpaired) electrons. The Bertz CT molecular complexity index is 938. The first-order valence-corrected chi connectivity index (χ1v) is 8.49. The minimum absolute atomic E-state index is 0.0798. The molecule has 4 rings (SSSR count). The van der Waals surface area contributed by atoms with Gasteiger partial charge in [0.1, 0.15) is 0 Å². The molecule has 2 aromatic heterocycles. The van der Waals surface area contributed by atoms with E-state index in [-0.39, 0.29) is 17.8 Å². The summed E-state index contributed by atoms with van der Waals surface area (Å²) in [6.07, 6.45) is -2.33. The van der Waals surface area contributed by atoms with Crippen molar-refractivity contribution in [3.05, 3.63) is 48.0 Å². The number of hydrogen-bond acceptors (Lipinski definition) is 6. The van der Waals surface area contributed by atoms with Gasteiger partial charge in [-0.15, -0.1) is 0 Å². The fourth-order valence-electron chi connectivity index (χ4n) is 2.83. The van der Waals surface area contributed by atoms with Crippen LogP contribution in [0, 0.1) is 0 Å². The molecule has 1 amide bonds. The summed E-state index contributed by atoms with van der Waals surface area (Å²) in [7, 11) is 0. The van der Waals surface area contributed by atoms with Crippen LogP contribution in [-0.2, 0) is 11.0 Å². The number of thiazole rings is 1. The predicted molar refractivity (Wildman–Crippen MR) is 86.3 cm³/mol. The van der Waals surface area contributed by atoms with Gasteiger partial charge in [0.25, 0.3) is 0 Å². The number of carbonyl (C=O) groups is 1. The predicted octanol–water partition coefficient (Wildman–Crippen LogP) is 4.08. The molecule has 1 aliphatic rings. The smallest absolute Gasteiger partial charge is 0.329 e. The number of rotatable bonds is 3. The highest BCUT2D eigenvalue weighted by Crippen LogP contribution is 2.40. The van der Waals surface area contributed by atoms with Gasteiger partial charge in [0.2, 0.25) is 11.7 Å². The lowest BCUT2D eigenvalue weighted by molar-refractivity contribution is -0.159. The average molecular weight is 380 g/mol. The van der Waals surface area contributed by atoms with Crippen LogP contribution in [0.25, 0.3) is 10.7 Å². The highest BCUT2D eigenvalue weighted by atomic mass is 32.1. The topological polar surface area (TPSA) is 72.1 Å². The number of benzene rings is 1. The average Bonchev–Trinajstić information content (AvgIpc) is 3.33. The van der Waals surface area contributed by atoms with Crippen LogP contribution in [0.4, 0.5) is 18.3 Å². The number of alkyl halides is 3. The largest absolute Gasteiger partial charge is 0.471 e. The van der Waals surface area contributed by atoms with E-state index in [9.17, 15) is 18.0 Å². The van der Waals surface area contributed by atoms with Crippen LogP contribution < -0.4 is 4.90 Å². The molecule has 3 aromatic rings. The number of halogens is 3. The molecule has 0 bridgehead atoms. The van der Waals surface area contributed by atoms with Gasteiger partial charge in [-0.2, -0.15) is 18.2 Å². The van der Waals surface area contributed by atoms with Crippen LogP contribution in [-0.4, -0.2) is 21.0 Å². The molecule has 0 N–H and O–H groups in total. The molecular formula is C16H11F3N4O2S. The van der Waals surface area contributed by atoms with Gasteiger partial charge in [-0.25, -0.2) is 4.98 Å². The molecule has 1 unspecified atom stereocenters. The van der Waals surface area contributed by atoms with E-state index in [0.717, 1.165) is 16.9 Å². The minimum Gasteiger partial charge on any atom is -0.329 e. The Morgan fingerprint density at radius 3 is 2.69 bits per heavy atom. The molecule has 0 saturated carbocycles. The van der Waals surface area contributed by atoms with E-state index in [1.807, 2.05) is 30.3 Å². The van der Waals surface area contributed by atoms with Gasteiger partial charge < -0.3 is 4.52 Å². The molecule has 26 heavy (non-hydrogen) atoms. The van der Waals surface area contributed by atoms with Crippen molar-refractivity contribution >= 4 is 22.4 Å². The molecule has 1 saturated heterocycles. The van der Waals surface area contributed by atoms with Gasteiger partial charge in [-0.05, 0) is 12.0 Å².